The van der Waals surface area contributed by atoms with Crippen LogP contribution in [0, 0.1) is 11.8 Å². The van der Waals surface area contributed by atoms with Crippen molar-refractivity contribution < 1.29 is 0 Å². The van der Waals surface area contributed by atoms with Crippen LogP contribution in [0.4, 0.5) is 0 Å². The van der Waals surface area contributed by atoms with Crippen molar-refractivity contribution >= 4 is 0 Å². The number of pyridine rings is 1. The van der Waals surface area contributed by atoms with Gasteiger partial charge in [-0.2, -0.15) is 0 Å². The molecule has 1 aliphatic heterocycles. The van der Waals surface area contributed by atoms with Crippen molar-refractivity contribution in [2.45, 2.75) is 59.7 Å². The number of hydrogen-bond acceptors (Lipinski definition) is 3. The van der Waals surface area contributed by atoms with Gasteiger partial charge >= 0.3 is 0 Å². The third-order valence-corrected chi connectivity index (χ3v) is 4.56. The van der Waals surface area contributed by atoms with Crippen LogP contribution < -0.4 is 5.32 Å². The highest BCUT2D eigenvalue weighted by atomic mass is 15.1. The molecule has 0 bridgehead atoms. The topological polar surface area (TPSA) is 28.2 Å². The summed E-state index contributed by atoms with van der Waals surface area (Å²) in [5.74, 6) is 1.75. The number of hydrogen-bond donors (Lipinski definition) is 1. The van der Waals surface area contributed by atoms with E-state index in [9.17, 15) is 0 Å². The molecule has 3 nitrogen and oxygen atoms in total. The molecule has 0 amide bonds. The van der Waals surface area contributed by atoms with Crippen LogP contribution in [0.3, 0.4) is 0 Å². The summed E-state index contributed by atoms with van der Waals surface area (Å²) in [5.41, 5.74) is 2.47. The predicted octanol–water partition coefficient (Wildman–Crippen LogP) is 3.45. The summed E-state index contributed by atoms with van der Waals surface area (Å²) in [6.45, 7) is 13.4. The molecule has 0 atom stereocenters. The number of nitrogens with zero attached hydrogens (tertiary/aromatic N) is 2. The molecule has 0 aromatic carbocycles. The average Bonchev–Trinajstić information content (AvgIpc) is 2.47. The third kappa shape index (κ3) is 5.40. The molecule has 1 saturated heterocycles. The highest BCUT2D eigenvalue weighted by molar-refractivity contribution is 5.14. The Hall–Kier alpha value is -0.930. The number of piperidine rings is 1. The number of likely N-dealkylation sites (tertiary alicyclic amines) is 1. The predicted molar refractivity (Wildman–Crippen MR) is 89.1 cm³/mol. The van der Waals surface area contributed by atoms with Crippen molar-refractivity contribution in [2.24, 2.45) is 11.8 Å². The molecule has 118 valence electrons. The lowest BCUT2D eigenvalue weighted by atomic mass is 9.87. The van der Waals surface area contributed by atoms with Gasteiger partial charge in [-0.05, 0) is 49.4 Å². The summed E-state index contributed by atoms with van der Waals surface area (Å²) in [6, 6.07) is 4.91. The van der Waals surface area contributed by atoms with E-state index in [4.69, 9.17) is 0 Å². The van der Waals surface area contributed by atoms with Crippen LogP contribution in [0.25, 0.3) is 0 Å². The van der Waals surface area contributed by atoms with Crippen LogP contribution in [0.1, 0.15) is 51.8 Å². The van der Waals surface area contributed by atoms with E-state index in [1.165, 1.54) is 37.2 Å². The van der Waals surface area contributed by atoms with E-state index in [2.05, 4.69) is 55.0 Å². The quantitative estimate of drug-likeness (QED) is 0.869. The molecule has 1 aliphatic rings. The zero-order chi connectivity index (χ0) is 15.2. The summed E-state index contributed by atoms with van der Waals surface area (Å²) in [6.07, 6.45) is 4.70. The Morgan fingerprint density at radius 1 is 1.19 bits per heavy atom. The molecule has 0 aliphatic carbocycles. The Labute approximate surface area is 130 Å². The molecule has 21 heavy (non-hydrogen) atoms. The first-order valence-corrected chi connectivity index (χ1v) is 8.44. The molecule has 1 fully saturated rings. The van der Waals surface area contributed by atoms with Gasteiger partial charge in [0.25, 0.3) is 0 Å². The standard InChI is InChI=1S/C18H31N3/c1-14(2)17-7-9-21(10-8-17)13-18-6-5-16(12-20-18)11-19-15(3)4/h5-6,12,14-15,17,19H,7-11,13H2,1-4H3. The minimum Gasteiger partial charge on any atom is -0.310 e. The number of rotatable bonds is 6. The highest BCUT2D eigenvalue weighted by Gasteiger charge is 2.21. The van der Waals surface area contributed by atoms with Gasteiger partial charge in [-0.15, -0.1) is 0 Å². The maximum Gasteiger partial charge on any atom is 0.0544 e. The molecule has 0 radical (unpaired) electrons. The van der Waals surface area contributed by atoms with Crippen LogP contribution in [-0.2, 0) is 13.1 Å². The maximum absolute atomic E-state index is 4.62. The zero-order valence-electron chi connectivity index (χ0n) is 14.1. The first-order chi connectivity index (χ1) is 10.0. The molecule has 2 heterocycles. The molecular formula is C18H31N3. The van der Waals surface area contributed by atoms with Crippen LogP contribution in [-0.4, -0.2) is 29.0 Å². The smallest absolute Gasteiger partial charge is 0.0544 e. The van der Waals surface area contributed by atoms with Gasteiger partial charge in [0.15, 0.2) is 0 Å². The SMILES string of the molecule is CC(C)NCc1ccc(CN2CCC(C(C)C)CC2)nc1. The van der Waals surface area contributed by atoms with Crippen molar-refractivity contribution in [3.05, 3.63) is 29.6 Å². The lowest BCUT2D eigenvalue weighted by Gasteiger charge is -2.33. The molecule has 1 N–H and O–H groups in total. The number of aromatic nitrogens is 1. The van der Waals surface area contributed by atoms with E-state index >= 15 is 0 Å². The van der Waals surface area contributed by atoms with Crippen molar-refractivity contribution in [1.29, 1.82) is 0 Å². The van der Waals surface area contributed by atoms with Crippen LogP contribution in [0.15, 0.2) is 18.3 Å². The van der Waals surface area contributed by atoms with Gasteiger partial charge in [-0.25, -0.2) is 0 Å². The molecule has 3 heteroatoms. The van der Waals surface area contributed by atoms with E-state index in [0.29, 0.717) is 6.04 Å². The molecule has 2 rings (SSSR count). The van der Waals surface area contributed by atoms with E-state index in [1.54, 1.807) is 0 Å². The second-order valence-electron chi connectivity index (χ2n) is 7.05. The van der Waals surface area contributed by atoms with Crippen LogP contribution >= 0.6 is 0 Å². The Balaban J connectivity index is 1.78. The maximum atomic E-state index is 4.62. The van der Waals surface area contributed by atoms with Crippen LogP contribution in [0.5, 0.6) is 0 Å². The first kappa shape index (κ1) is 16.4. The highest BCUT2D eigenvalue weighted by Crippen LogP contribution is 2.25. The second kappa shape index (κ2) is 7.90. The van der Waals surface area contributed by atoms with E-state index in [-0.39, 0.29) is 0 Å². The molecular weight excluding hydrogens is 258 g/mol. The van der Waals surface area contributed by atoms with Crippen molar-refractivity contribution in [1.82, 2.24) is 15.2 Å². The fourth-order valence-corrected chi connectivity index (χ4v) is 2.98. The summed E-state index contributed by atoms with van der Waals surface area (Å²) in [4.78, 5) is 7.17. The lowest BCUT2D eigenvalue weighted by molar-refractivity contribution is 0.150. The Morgan fingerprint density at radius 2 is 1.90 bits per heavy atom. The van der Waals surface area contributed by atoms with Gasteiger partial charge in [0.2, 0.25) is 0 Å². The van der Waals surface area contributed by atoms with E-state index in [1.807, 2.05) is 6.20 Å². The van der Waals surface area contributed by atoms with Gasteiger partial charge in [0.1, 0.15) is 0 Å². The van der Waals surface area contributed by atoms with Gasteiger partial charge in [-0.1, -0.05) is 33.8 Å². The largest absolute Gasteiger partial charge is 0.310 e. The van der Waals surface area contributed by atoms with Crippen molar-refractivity contribution in [3.8, 4) is 0 Å². The molecule has 1 aromatic heterocycles. The Morgan fingerprint density at radius 3 is 2.43 bits per heavy atom. The minimum atomic E-state index is 0.520. The second-order valence-corrected chi connectivity index (χ2v) is 7.05. The summed E-state index contributed by atoms with van der Waals surface area (Å²) < 4.78 is 0. The minimum absolute atomic E-state index is 0.520. The first-order valence-electron chi connectivity index (χ1n) is 8.44. The normalized spacial score (nSPS) is 17.8. The lowest BCUT2D eigenvalue weighted by Crippen LogP contribution is -2.35. The average molecular weight is 289 g/mol. The van der Waals surface area contributed by atoms with Gasteiger partial charge in [0, 0.05) is 25.3 Å². The third-order valence-electron chi connectivity index (χ3n) is 4.56. The Kier molecular flexibility index (Phi) is 6.19. The molecule has 1 aromatic rings. The zero-order valence-corrected chi connectivity index (χ0v) is 14.1. The molecule has 0 unspecified atom stereocenters. The summed E-state index contributed by atoms with van der Waals surface area (Å²) in [7, 11) is 0. The van der Waals surface area contributed by atoms with E-state index < -0.39 is 0 Å². The van der Waals surface area contributed by atoms with Crippen LogP contribution in [0.2, 0.25) is 0 Å². The van der Waals surface area contributed by atoms with Crippen molar-refractivity contribution in [3.63, 3.8) is 0 Å². The monoisotopic (exact) mass is 289 g/mol. The molecule has 0 saturated carbocycles. The summed E-state index contributed by atoms with van der Waals surface area (Å²) >= 11 is 0. The van der Waals surface area contributed by atoms with E-state index in [0.717, 1.165) is 24.9 Å². The van der Waals surface area contributed by atoms with Crippen molar-refractivity contribution in [2.75, 3.05) is 13.1 Å². The van der Waals surface area contributed by atoms with Gasteiger partial charge in [-0.3, -0.25) is 9.88 Å². The van der Waals surface area contributed by atoms with Gasteiger partial charge in [0.05, 0.1) is 5.69 Å². The number of nitrogens with one attached hydrogen (secondary N) is 1. The fourth-order valence-electron chi connectivity index (χ4n) is 2.98. The summed E-state index contributed by atoms with van der Waals surface area (Å²) in [5, 5.41) is 3.43. The van der Waals surface area contributed by atoms with Gasteiger partial charge < -0.3 is 5.32 Å². The Bertz CT molecular complexity index is 403. The fraction of sp³-hybridized carbons (Fsp3) is 0.722. The molecule has 0 spiro atoms.